The van der Waals surface area contributed by atoms with Crippen LogP contribution in [0, 0.1) is 5.92 Å². The van der Waals surface area contributed by atoms with E-state index in [4.69, 9.17) is 15.3 Å². The van der Waals surface area contributed by atoms with E-state index >= 15 is 0 Å². The molecule has 4 heteroatoms. The van der Waals surface area contributed by atoms with Gasteiger partial charge in [0.2, 0.25) is 0 Å². The molecular weight excluding hydrogens is 156 g/mol. The smallest absolute Gasteiger partial charge is 0.146 e. The Kier molecular flexibility index (Phi) is 4.53. The van der Waals surface area contributed by atoms with Crippen molar-refractivity contribution in [2.45, 2.75) is 13.3 Å². The Morgan fingerprint density at radius 1 is 1.33 bits per heavy atom. The van der Waals surface area contributed by atoms with Crippen molar-refractivity contribution in [1.29, 1.82) is 0 Å². The quantitative estimate of drug-likeness (QED) is 0.533. The normalized spacial score (nSPS) is 30.0. The maximum Gasteiger partial charge on any atom is 0.146 e. The summed E-state index contributed by atoms with van der Waals surface area (Å²) in [7, 11) is 0. The third-order valence-corrected chi connectivity index (χ3v) is 1.99. The molecule has 1 saturated heterocycles. The van der Waals surface area contributed by atoms with Gasteiger partial charge in [-0.1, -0.05) is 6.92 Å². The summed E-state index contributed by atoms with van der Waals surface area (Å²) in [4.78, 5) is 0. The third kappa shape index (κ3) is 4.01. The van der Waals surface area contributed by atoms with Gasteiger partial charge in [0.05, 0.1) is 6.61 Å². The standard InChI is InChI=1S/C8H18N2O2/c1-8-2-4-11-7-12-5-3-10(9)6-8/h8H,2-7,9H2,1H3. The van der Waals surface area contributed by atoms with Crippen LogP contribution in [0.25, 0.3) is 0 Å². The number of hydrogen-bond donors (Lipinski definition) is 1. The minimum atomic E-state index is 0.403. The van der Waals surface area contributed by atoms with Crippen molar-refractivity contribution in [3.63, 3.8) is 0 Å². The van der Waals surface area contributed by atoms with E-state index in [9.17, 15) is 0 Å². The highest BCUT2D eigenvalue weighted by Gasteiger charge is 2.08. The Morgan fingerprint density at radius 3 is 2.92 bits per heavy atom. The molecule has 1 aliphatic heterocycles. The van der Waals surface area contributed by atoms with Crippen molar-refractivity contribution in [1.82, 2.24) is 5.01 Å². The minimum absolute atomic E-state index is 0.403. The van der Waals surface area contributed by atoms with Gasteiger partial charge in [0.15, 0.2) is 0 Å². The van der Waals surface area contributed by atoms with Crippen molar-refractivity contribution in [3.8, 4) is 0 Å². The monoisotopic (exact) mass is 174 g/mol. The van der Waals surface area contributed by atoms with E-state index in [0.717, 1.165) is 26.1 Å². The average molecular weight is 174 g/mol. The largest absolute Gasteiger partial charge is 0.355 e. The lowest BCUT2D eigenvalue weighted by atomic mass is 10.1. The van der Waals surface area contributed by atoms with Crippen LogP contribution in [0.5, 0.6) is 0 Å². The molecule has 4 nitrogen and oxygen atoms in total. The molecule has 1 rings (SSSR count). The Balaban J connectivity index is 2.24. The highest BCUT2D eigenvalue weighted by Crippen LogP contribution is 2.04. The first kappa shape index (κ1) is 9.92. The molecule has 1 aliphatic rings. The van der Waals surface area contributed by atoms with E-state index in [-0.39, 0.29) is 0 Å². The molecule has 72 valence electrons. The zero-order valence-corrected chi connectivity index (χ0v) is 7.66. The number of nitrogens with zero attached hydrogens (tertiary/aromatic N) is 1. The molecule has 12 heavy (non-hydrogen) atoms. The van der Waals surface area contributed by atoms with Crippen molar-refractivity contribution in [2.24, 2.45) is 11.8 Å². The molecule has 0 aromatic heterocycles. The molecule has 1 atom stereocenters. The highest BCUT2D eigenvalue weighted by molar-refractivity contribution is 4.58. The topological polar surface area (TPSA) is 47.7 Å². The van der Waals surface area contributed by atoms with Gasteiger partial charge in [-0.3, -0.25) is 5.84 Å². The van der Waals surface area contributed by atoms with E-state index in [2.05, 4.69) is 6.92 Å². The fourth-order valence-corrected chi connectivity index (χ4v) is 1.23. The summed E-state index contributed by atoms with van der Waals surface area (Å²) in [6.07, 6.45) is 1.05. The number of hydrogen-bond acceptors (Lipinski definition) is 4. The Hall–Kier alpha value is -0.160. The lowest BCUT2D eigenvalue weighted by Gasteiger charge is -2.22. The van der Waals surface area contributed by atoms with Gasteiger partial charge in [-0.25, -0.2) is 5.01 Å². The first-order chi connectivity index (χ1) is 5.79. The lowest BCUT2D eigenvalue weighted by molar-refractivity contribution is -0.0684. The van der Waals surface area contributed by atoms with Gasteiger partial charge < -0.3 is 9.47 Å². The molecule has 0 radical (unpaired) electrons. The summed E-state index contributed by atoms with van der Waals surface area (Å²) < 4.78 is 10.4. The number of nitrogens with two attached hydrogens (primary N) is 1. The number of hydrazine groups is 1. The van der Waals surface area contributed by atoms with Crippen LogP contribution in [0.1, 0.15) is 13.3 Å². The van der Waals surface area contributed by atoms with Crippen LogP contribution < -0.4 is 5.84 Å². The molecule has 0 aromatic carbocycles. The van der Waals surface area contributed by atoms with Gasteiger partial charge in [0.1, 0.15) is 6.79 Å². The summed E-state index contributed by atoms with van der Waals surface area (Å²) in [6.45, 7) is 5.73. The maximum absolute atomic E-state index is 5.73. The molecule has 0 amide bonds. The zero-order chi connectivity index (χ0) is 8.81. The second kappa shape index (κ2) is 5.48. The van der Waals surface area contributed by atoms with Gasteiger partial charge in [-0.2, -0.15) is 0 Å². The average Bonchev–Trinajstić information content (AvgIpc) is 2.02. The molecule has 0 saturated carbocycles. The molecule has 2 N–H and O–H groups in total. The summed E-state index contributed by atoms with van der Waals surface area (Å²) in [5.74, 6) is 6.33. The number of ether oxygens (including phenoxy) is 2. The summed E-state index contributed by atoms with van der Waals surface area (Å²) in [5.41, 5.74) is 0. The summed E-state index contributed by atoms with van der Waals surface area (Å²) >= 11 is 0. The fourth-order valence-electron chi connectivity index (χ4n) is 1.23. The Bertz CT molecular complexity index is 110. The molecule has 1 fully saturated rings. The van der Waals surface area contributed by atoms with Crippen LogP contribution in [0.15, 0.2) is 0 Å². The second-order valence-corrected chi connectivity index (χ2v) is 3.32. The first-order valence-electron chi connectivity index (χ1n) is 4.44. The molecular formula is C8H18N2O2. The van der Waals surface area contributed by atoms with E-state index < -0.39 is 0 Å². The summed E-state index contributed by atoms with van der Waals surface area (Å²) in [5, 5.41) is 1.82. The minimum Gasteiger partial charge on any atom is -0.355 e. The highest BCUT2D eigenvalue weighted by atomic mass is 16.7. The molecule has 0 spiro atoms. The zero-order valence-electron chi connectivity index (χ0n) is 7.66. The van der Waals surface area contributed by atoms with Gasteiger partial charge >= 0.3 is 0 Å². The van der Waals surface area contributed by atoms with Gasteiger partial charge in [0, 0.05) is 19.7 Å². The van der Waals surface area contributed by atoms with Crippen LogP contribution in [-0.2, 0) is 9.47 Å². The van der Waals surface area contributed by atoms with Gasteiger partial charge in [0.25, 0.3) is 0 Å². The van der Waals surface area contributed by atoms with E-state index in [1.165, 1.54) is 0 Å². The predicted octanol–water partition coefficient (Wildman–Crippen LogP) is 0.193. The number of rotatable bonds is 0. The van der Waals surface area contributed by atoms with E-state index in [1.807, 2.05) is 5.01 Å². The van der Waals surface area contributed by atoms with E-state index in [1.54, 1.807) is 0 Å². The summed E-state index contributed by atoms with van der Waals surface area (Å²) in [6, 6.07) is 0. The van der Waals surface area contributed by atoms with Crippen molar-refractivity contribution < 1.29 is 9.47 Å². The van der Waals surface area contributed by atoms with Crippen LogP contribution in [-0.4, -0.2) is 38.1 Å². The van der Waals surface area contributed by atoms with Crippen LogP contribution in [0.4, 0.5) is 0 Å². The Labute approximate surface area is 73.6 Å². The van der Waals surface area contributed by atoms with Crippen molar-refractivity contribution in [2.75, 3.05) is 33.1 Å². The van der Waals surface area contributed by atoms with Gasteiger partial charge in [-0.15, -0.1) is 0 Å². The molecule has 1 unspecified atom stereocenters. The maximum atomic E-state index is 5.73. The molecule has 0 bridgehead atoms. The van der Waals surface area contributed by atoms with Crippen LogP contribution >= 0.6 is 0 Å². The molecule has 0 aromatic rings. The second-order valence-electron chi connectivity index (χ2n) is 3.32. The van der Waals surface area contributed by atoms with Crippen molar-refractivity contribution >= 4 is 0 Å². The lowest BCUT2D eigenvalue weighted by Crippen LogP contribution is -2.38. The van der Waals surface area contributed by atoms with Crippen LogP contribution in [0.2, 0.25) is 0 Å². The van der Waals surface area contributed by atoms with Crippen LogP contribution in [0.3, 0.4) is 0 Å². The molecule has 1 heterocycles. The van der Waals surface area contributed by atoms with Crippen molar-refractivity contribution in [3.05, 3.63) is 0 Å². The first-order valence-corrected chi connectivity index (χ1v) is 4.44. The SMILES string of the molecule is CC1CCOCOCCN(N)C1. The fraction of sp³-hybridized carbons (Fsp3) is 1.00. The predicted molar refractivity (Wildman–Crippen MR) is 46.3 cm³/mol. The molecule has 0 aliphatic carbocycles. The Morgan fingerprint density at radius 2 is 2.08 bits per heavy atom. The third-order valence-electron chi connectivity index (χ3n) is 1.99. The van der Waals surface area contributed by atoms with E-state index in [0.29, 0.717) is 19.3 Å². The van der Waals surface area contributed by atoms with Gasteiger partial charge in [-0.05, 0) is 12.3 Å².